The van der Waals surface area contributed by atoms with Crippen molar-refractivity contribution >= 4 is 11.8 Å². The minimum atomic E-state index is -3.43. The standard InChI is InChI=1S/C11H11O4.C5H5.Fe/c1-2-15-11(14)10(13)7-9(12)8-5-3-4-6-8;1-2-4-5-3-1;/h3-7,13H,2H2,1H3;1-5H;. The van der Waals surface area contributed by atoms with Crippen LogP contribution in [0.15, 0.2) is 11.8 Å². The second-order valence-corrected chi connectivity index (χ2v) is 34.9. The molecular weight excluding hydrogens is 312 g/mol. The molecule has 0 aliphatic carbocycles. The van der Waals surface area contributed by atoms with E-state index in [-0.39, 0.29) is 16.7 Å². The molecule has 4 nitrogen and oxygen atoms in total. The molecular formula is C16H16FeO4. The fourth-order valence-corrected chi connectivity index (χ4v) is 91.2. The molecule has 0 aromatic heterocycles. The van der Waals surface area contributed by atoms with E-state index in [0.29, 0.717) is 0 Å². The molecule has 0 saturated carbocycles. The third kappa shape index (κ3) is 0.108. The predicted molar refractivity (Wildman–Crippen MR) is 68.8 cm³/mol. The summed E-state index contributed by atoms with van der Waals surface area (Å²) in [7, 11) is 0. The summed E-state index contributed by atoms with van der Waals surface area (Å²) in [5.74, 6) is -1.03. The van der Waals surface area contributed by atoms with Crippen molar-refractivity contribution in [3.8, 4) is 0 Å². The van der Waals surface area contributed by atoms with E-state index in [9.17, 15) is 14.7 Å². The molecule has 10 rings (SSSR count). The summed E-state index contributed by atoms with van der Waals surface area (Å²) < 4.78 is 4.89. The monoisotopic (exact) mass is 328 g/mol. The first-order chi connectivity index (χ1) is 9.83. The third-order valence-electron chi connectivity index (χ3n) is 15.8. The van der Waals surface area contributed by atoms with Gasteiger partial charge in [-0.1, -0.05) is 0 Å². The van der Waals surface area contributed by atoms with Crippen molar-refractivity contribution < 1.29 is 25.9 Å². The number of carbonyl (C=O) groups excluding carboxylic acids is 2. The zero-order chi connectivity index (χ0) is 13.9. The number of esters is 1. The molecule has 4 unspecified atom stereocenters. The van der Waals surface area contributed by atoms with Crippen molar-refractivity contribution in [2.24, 2.45) is 0 Å². The van der Waals surface area contributed by atoms with Crippen LogP contribution in [0.1, 0.15) is 6.92 Å². The van der Waals surface area contributed by atoms with E-state index in [1.165, 1.54) is 6.08 Å². The summed E-state index contributed by atoms with van der Waals surface area (Å²) in [5, 5.41) is 9.90. The quantitative estimate of drug-likeness (QED) is 0.372. The summed E-state index contributed by atoms with van der Waals surface area (Å²) in [5.41, 5.74) is 0. The van der Waals surface area contributed by atoms with Gasteiger partial charge in [-0.25, -0.2) is 0 Å². The van der Waals surface area contributed by atoms with Gasteiger partial charge in [-0.15, -0.1) is 0 Å². The third-order valence-corrected chi connectivity index (χ3v) is 58.1. The second-order valence-electron chi connectivity index (χ2n) is 11.3. The molecule has 1 spiro atoms. The molecule has 0 aromatic carbocycles. The number of ether oxygens (including phenoxy) is 1. The number of aliphatic hydroxyl groups excluding tert-OH is 1. The van der Waals surface area contributed by atoms with Gasteiger partial charge in [-0.3, -0.25) is 0 Å². The molecule has 0 bridgehead atoms. The van der Waals surface area contributed by atoms with Crippen molar-refractivity contribution in [2.45, 2.75) is 54.6 Å². The van der Waals surface area contributed by atoms with E-state index >= 15 is 0 Å². The number of ketones is 1. The molecule has 0 amide bonds. The van der Waals surface area contributed by atoms with Gasteiger partial charge in [0.2, 0.25) is 0 Å². The molecule has 112 valence electrons. The first kappa shape index (κ1) is 8.73. The molecule has 1 N–H and O–H groups in total. The van der Waals surface area contributed by atoms with Crippen molar-refractivity contribution in [3.05, 3.63) is 11.8 Å². The van der Waals surface area contributed by atoms with Gasteiger partial charge in [0.05, 0.1) is 0 Å². The van der Waals surface area contributed by atoms with Crippen LogP contribution in [0.4, 0.5) is 0 Å². The van der Waals surface area contributed by atoms with Crippen LogP contribution in [-0.4, -0.2) is 23.5 Å². The van der Waals surface area contributed by atoms with Gasteiger partial charge in [-0.2, -0.15) is 0 Å². The Morgan fingerprint density at radius 1 is 1.10 bits per heavy atom. The Kier molecular flexibility index (Phi) is 0.332. The van der Waals surface area contributed by atoms with Gasteiger partial charge in [0.15, 0.2) is 0 Å². The zero-order valence-corrected chi connectivity index (χ0v) is 12.6. The molecule has 10 fully saturated rings. The summed E-state index contributed by atoms with van der Waals surface area (Å²) in [6.07, 6.45) is 1.28. The number of carbonyl (C=O) groups is 2. The number of rotatable bonds is 4. The zero-order valence-electron chi connectivity index (χ0n) is 11.5. The van der Waals surface area contributed by atoms with E-state index in [0.717, 1.165) is 43.3 Å². The average Bonchev–Trinajstić information content (AvgIpc) is 3.38. The summed E-state index contributed by atoms with van der Waals surface area (Å²) in [6.45, 7) is -1.50. The summed E-state index contributed by atoms with van der Waals surface area (Å²) in [4.78, 5) is 34.0. The summed E-state index contributed by atoms with van der Waals surface area (Å²) >= 11 is 0. The van der Waals surface area contributed by atoms with Gasteiger partial charge in [0, 0.05) is 0 Å². The number of hydrogen-bond donors (Lipinski definition) is 1. The van der Waals surface area contributed by atoms with Crippen LogP contribution >= 0.6 is 0 Å². The first-order valence-corrected chi connectivity index (χ1v) is 14.5. The molecule has 0 radical (unpaired) electrons. The average molecular weight is 328 g/mol. The fraction of sp³-hybridized carbons (Fsp3) is 0.750. The van der Waals surface area contributed by atoms with Gasteiger partial charge >= 0.3 is 111 Å². The first-order valence-electron chi connectivity index (χ1n) is 8.17. The molecule has 0 aromatic rings. The molecule has 21 heavy (non-hydrogen) atoms. The van der Waals surface area contributed by atoms with E-state index in [4.69, 9.17) is 4.74 Å². The van der Waals surface area contributed by atoms with Crippen LogP contribution in [0.2, 0.25) is 47.7 Å². The van der Waals surface area contributed by atoms with Crippen LogP contribution < -0.4 is 0 Å². The maximum atomic E-state index is 13.1. The normalized spacial score (nSPS) is 99.1. The Morgan fingerprint density at radius 2 is 1.62 bits per heavy atom. The molecule has 10 saturated heterocycles. The van der Waals surface area contributed by atoms with Gasteiger partial charge in [-0.05, 0) is 0 Å². The SMILES string of the molecule is CCOC(=O)C(O)=CC(=O)[C]12[CH]3[CH]4[CH]5[CH]1[Fe]45321678[CH]2[CH]1[CH]6[CH]7[CH]28. The predicted octanol–water partition coefficient (Wildman–Crippen LogP) is 3.32. The molecule has 10 aliphatic heterocycles. The van der Waals surface area contributed by atoms with E-state index < -0.39 is 18.2 Å². The van der Waals surface area contributed by atoms with Crippen molar-refractivity contribution in [3.63, 3.8) is 0 Å². The van der Waals surface area contributed by atoms with E-state index in [1.54, 1.807) is 6.92 Å². The Bertz CT molecular complexity index is 1100. The van der Waals surface area contributed by atoms with Crippen LogP contribution in [0.5, 0.6) is 0 Å². The Labute approximate surface area is 111 Å². The summed E-state index contributed by atoms with van der Waals surface area (Å²) in [6, 6.07) is 0. The Morgan fingerprint density at radius 3 is 1.95 bits per heavy atom. The molecule has 10 aliphatic rings. The van der Waals surface area contributed by atoms with Crippen molar-refractivity contribution in [1.82, 2.24) is 0 Å². The molecule has 4 atom stereocenters. The number of allylic oxidation sites excluding steroid dienone is 1. The fourth-order valence-electron chi connectivity index (χ4n) is 17.4. The minimum absolute atomic E-state index is 0.0829. The molecule has 5 heteroatoms. The number of fused-ring (bicyclic) bond motifs is 10. The van der Waals surface area contributed by atoms with Crippen LogP contribution in [0.25, 0.3) is 0 Å². The second kappa shape index (κ2) is 0.799. The molecule has 10 heterocycles. The Hall–Kier alpha value is -0.801. The number of hydrogen-bond acceptors (Lipinski definition) is 4. The van der Waals surface area contributed by atoms with E-state index in [1.807, 2.05) is 0 Å². The van der Waals surface area contributed by atoms with Crippen molar-refractivity contribution in [1.29, 1.82) is 0 Å². The Balaban J connectivity index is 1.26. The van der Waals surface area contributed by atoms with Gasteiger partial charge in [0.25, 0.3) is 0 Å². The van der Waals surface area contributed by atoms with Crippen LogP contribution in [-0.2, 0) is 20.8 Å². The topological polar surface area (TPSA) is 63.6 Å². The van der Waals surface area contributed by atoms with E-state index in [2.05, 4.69) is 0 Å². The van der Waals surface area contributed by atoms with Crippen molar-refractivity contribution in [2.75, 3.05) is 6.61 Å². The van der Waals surface area contributed by atoms with Gasteiger partial charge in [0.1, 0.15) is 0 Å². The maximum absolute atomic E-state index is 13.1. The van der Waals surface area contributed by atoms with Crippen LogP contribution in [0, 0.1) is 0 Å². The number of aliphatic hydroxyl groups is 1. The van der Waals surface area contributed by atoms with Gasteiger partial charge < -0.3 is 0 Å². The van der Waals surface area contributed by atoms with Crippen LogP contribution in [0.3, 0.4) is 0 Å².